The van der Waals surface area contributed by atoms with Crippen molar-refractivity contribution in [2.24, 2.45) is 0 Å². The van der Waals surface area contributed by atoms with Gasteiger partial charge in [0.05, 0.1) is 12.6 Å². The van der Waals surface area contributed by atoms with E-state index in [4.69, 9.17) is 21.2 Å². The van der Waals surface area contributed by atoms with Crippen molar-refractivity contribution in [3.05, 3.63) is 71.8 Å². The molecule has 0 amide bonds. The molecule has 1 aliphatic carbocycles. The van der Waals surface area contributed by atoms with Crippen LogP contribution in [0.25, 0.3) is 0 Å². The average Bonchev–Trinajstić information content (AvgIpc) is 3.44. The Morgan fingerprint density at radius 3 is 2.59 bits per heavy atom. The van der Waals surface area contributed by atoms with Gasteiger partial charge in [-0.05, 0) is 54.8 Å². The van der Waals surface area contributed by atoms with Gasteiger partial charge in [0.25, 0.3) is 0 Å². The van der Waals surface area contributed by atoms with Crippen LogP contribution in [0, 0.1) is 0 Å². The number of hydrogen-bond donors (Lipinski definition) is 0. The number of rotatable bonds is 8. The lowest BCUT2D eigenvalue weighted by Gasteiger charge is -2.32. The van der Waals surface area contributed by atoms with Crippen molar-refractivity contribution in [1.29, 1.82) is 0 Å². The zero-order chi connectivity index (χ0) is 22.7. The maximum Gasteiger partial charge on any atom is 0.221 e. The van der Waals surface area contributed by atoms with Gasteiger partial charge in [-0.25, -0.2) is 8.42 Å². The number of ether oxygens (including phenoxy) is 1. The van der Waals surface area contributed by atoms with Crippen LogP contribution < -0.4 is 4.74 Å². The molecule has 2 aromatic carbocycles. The Bertz CT molecular complexity index is 1040. The van der Waals surface area contributed by atoms with Gasteiger partial charge in [-0.1, -0.05) is 42.7 Å². The summed E-state index contributed by atoms with van der Waals surface area (Å²) in [6.45, 7) is 4.22. The smallest absolute Gasteiger partial charge is 0.221 e. The van der Waals surface area contributed by atoms with Crippen LogP contribution in [0.2, 0.25) is 5.02 Å². The van der Waals surface area contributed by atoms with Gasteiger partial charge in [0.1, 0.15) is 16.7 Å². The second-order valence-corrected chi connectivity index (χ2v) is 10.8. The third kappa shape index (κ3) is 4.87. The minimum Gasteiger partial charge on any atom is -0.457 e. The third-order valence-corrected chi connectivity index (χ3v) is 8.70. The van der Waals surface area contributed by atoms with Gasteiger partial charge < -0.3 is 4.74 Å². The molecule has 0 N–H and O–H groups in total. The van der Waals surface area contributed by atoms with Gasteiger partial charge in [-0.15, -0.1) is 6.58 Å². The first-order chi connectivity index (χ1) is 15.4. The summed E-state index contributed by atoms with van der Waals surface area (Å²) >= 11 is 5.95. The molecule has 1 saturated carbocycles. The molecule has 0 bridgehead atoms. The van der Waals surface area contributed by atoms with Crippen molar-refractivity contribution in [2.75, 3.05) is 20.2 Å². The van der Waals surface area contributed by atoms with Gasteiger partial charge in [0.2, 0.25) is 10.0 Å². The first-order valence-electron chi connectivity index (χ1n) is 10.9. The average molecular weight is 477 g/mol. The highest BCUT2D eigenvalue weighted by molar-refractivity contribution is 7.89. The first kappa shape index (κ1) is 23.3. The molecular weight excluding hydrogens is 448 g/mol. The van der Waals surface area contributed by atoms with Crippen molar-refractivity contribution in [3.63, 3.8) is 0 Å². The van der Waals surface area contributed by atoms with E-state index >= 15 is 0 Å². The van der Waals surface area contributed by atoms with E-state index in [0.29, 0.717) is 23.1 Å². The molecule has 1 saturated heterocycles. The summed E-state index contributed by atoms with van der Waals surface area (Å²) in [7, 11) is -1.84. The molecule has 1 aliphatic heterocycles. The molecule has 2 aromatic rings. The van der Waals surface area contributed by atoms with Crippen molar-refractivity contribution in [1.82, 2.24) is 9.37 Å². The van der Waals surface area contributed by atoms with E-state index < -0.39 is 21.3 Å². The predicted molar refractivity (Wildman–Crippen MR) is 126 cm³/mol. The van der Waals surface area contributed by atoms with E-state index in [9.17, 15) is 8.42 Å². The molecule has 4 rings (SSSR count). The Balaban J connectivity index is 1.61. The van der Waals surface area contributed by atoms with Crippen molar-refractivity contribution >= 4 is 21.6 Å². The maximum absolute atomic E-state index is 13.8. The van der Waals surface area contributed by atoms with Crippen LogP contribution >= 0.6 is 11.6 Å². The molecule has 8 heteroatoms. The highest BCUT2D eigenvalue weighted by Crippen LogP contribution is 2.38. The van der Waals surface area contributed by atoms with Gasteiger partial charge >= 0.3 is 0 Å². The largest absolute Gasteiger partial charge is 0.457 e. The summed E-state index contributed by atoms with van der Waals surface area (Å²) in [5, 5.41) is 1.57. The highest BCUT2D eigenvalue weighted by atomic mass is 35.5. The highest BCUT2D eigenvalue weighted by Gasteiger charge is 2.47. The molecule has 2 aliphatic rings. The van der Waals surface area contributed by atoms with E-state index in [2.05, 4.69) is 6.58 Å². The lowest BCUT2D eigenvalue weighted by Crippen LogP contribution is -2.46. The number of hydrogen-bond acceptors (Lipinski definition) is 5. The third-order valence-electron chi connectivity index (χ3n) is 6.19. The number of hydroxylamine groups is 2. The Kier molecular flexibility index (Phi) is 7.22. The SMILES string of the molecule is C=CCN(C1CCCC1)S(=O)(=O)C1CON(C)C1c1cccc(Oc2ccc(Cl)cc2)c1. The van der Waals surface area contributed by atoms with E-state index in [1.54, 1.807) is 46.8 Å². The topological polar surface area (TPSA) is 59.1 Å². The van der Waals surface area contributed by atoms with Gasteiger partial charge in [-0.3, -0.25) is 4.84 Å². The van der Waals surface area contributed by atoms with Crippen LogP contribution in [0.4, 0.5) is 0 Å². The van der Waals surface area contributed by atoms with Crippen LogP contribution in [0.15, 0.2) is 61.2 Å². The standard InChI is InChI=1S/C24H29ClN2O4S/c1-3-15-27(20-8-4-5-9-20)32(28,29)23-17-30-26(2)24(23)18-7-6-10-22(16-18)31-21-13-11-19(25)12-14-21/h3,6-7,10-14,16,20,23-24H,1,4-5,8-9,15,17H2,2H3. The Morgan fingerprint density at radius 2 is 1.91 bits per heavy atom. The molecule has 2 atom stereocenters. The van der Waals surface area contributed by atoms with E-state index in [1.807, 2.05) is 24.3 Å². The minimum atomic E-state index is -3.61. The fourth-order valence-corrected chi connectivity index (χ4v) is 6.93. The van der Waals surface area contributed by atoms with Crippen LogP contribution in [-0.2, 0) is 14.9 Å². The van der Waals surface area contributed by atoms with Crippen molar-refractivity contribution in [2.45, 2.75) is 43.0 Å². The van der Waals surface area contributed by atoms with Gasteiger partial charge in [-0.2, -0.15) is 9.37 Å². The maximum atomic E-state index is 13.8. The Labute approximate surface area is 195 Å². The van der Waals surface area contributed by atoms with Crippen molar-refractivity contribution in [3.8, 4) is 11.5 Å². The Morgan fingerprint density at radius 1 is 1.19 bits per heavy atom. The molecule has 6 nitrogen and oxygen atoms in total. The molecule has 0 aromatic heterocycles. The van der Waals surface area contributed by atoms with Crippen LogP contribution in [0.1, 0.15) is 37.3 Å². The number of nitrogens with zero attached hydrogens (tertiary/aromatic N) is 2. The van der Waals surface area contributed by atoms with E-state index in [-0.39, 0.29) is 12.6 Å². The number of halogens is 1. The molecule has 0 spiro atoms. The second-order valence-electron chi connectivity index (χ2n) is 8.30. The fraction of sp³-hybridized carbons (Fsp3) is 0.417. The molecule has 2 fully saturated rings. The zero-order valence-corrected chi connectivity index (χ0v) is 19.8. The summed E-state index contributed by atoms with van der Waals surface area (Å²) < 4.78 is 35.2. The van der Waals surface area contributed by atoms with Crippen LogP contribution in [0.3, 0.4) is 0 Å². The molecular formula is C24H29ClN2O4S. The lowest BCUT2D eigenvalue weighted by molar-refractivity contribution is -0.110. The number of sulfonamides is 1. The molecule has 2 unspecified atom stereocenters. The second kappa shape index (κ2) is 9.93. The monoisotopic (exact) mass is 476 g/mol. The predicted octanol–water partition coefficient (Wildman–Crippen LogP) is 5.18. The molecule has 1 heterocycles. The molecule has 0 radical (unpaired) electrons. The zero-order valence-electron chi connectivity index (χ0n) is 18.2. The van der Waals surface area contributed by atoms with Gasteiger partial charge in [0.15, 0.2) is 0 Å². The van der Waals surface area contributed by atoms with Crippen LogP contribution in [0.5, 0.6) is 11.5 Å². The van der Waals surface area contributed by atoms with Gasteiger partial charge in [0, 0.05) is 24.7 Å². The summed E-state index contributed by atoms with van der Waals surface area (Å²) in [5.74, 6) is 1.28. The lowest BCUT2D eigenvalue weighted by atomic mass is 10.0. The number of benzene rings is 2. The minimum absolute atomic E-state index is 0.0316. The quantitative estimate of drug-likeness (QED) is 0.491. The summed E-state index contributed by atoms with van der Waals surface area (Å²) in [6.07, 6.45) is 5.58. The molecule has 172 valence electrons. The normalized spacial score (nSPS) is 22.5. The summed E-state index contributed by atoms with van der Waals surface area (Å²) in [5.41, 5.74) is 0.829. The Hall–Kier alpha value is -1.90. The molecule has 32 heavy (non-hydrogen) atoms. The summed E-state index contributed by atoms with van der Waals surface area (Å²) in [6, 6.07) is 14.2. The van der Waals surface area contributed by atoms with E-state index in [0.717, 1.165) is 31.2 Å². The van der Waals surface area contributed by atoms with E-state index in [1.165, 1.54) is 0 Å². The summed E-state index contributed by atoms with van der Waals surface area (Å²) in [4.78, 5) is 5.73. The fourth-order valence-electron chi connectivity index (χ4n) is 4.62. The first-order valence-corrected chi connectivity index (χ1v) is 12.8. The van der Waals surface area contributed by atoms with Crippen LogP contribution in [-0.4, -0.2) is 49.3 Å². The van der Waals surface area contributed by atoms with Crippen molar-refractivity contribution < 1.29 is 18.0 Å².